The molecule has 1 unspecified atom stereocenters. The Hall–Kier alpha value is -0.610. The summed E-state index contributed by atoms with van der Waals surface area (Å²) < 4.78 is 0.785. The van der Waals surface area contributed by atoms with Crippen LogP contribution < -0.4 is 0 Å². The summed E-state index contributed by atoms with van der Waals surface area (Å²) >= 11 is 15.3. The lowest BCUT2D eigenvalue weighted by Gasteiger charge is -2.14. The highest BCUT2D eigenvalue weighted by atomic mass is 79.9. The molecule has 5 heteroatoms. The van der Waals surface area contributed by atoms with Gasteiger partial charge in [-0.25, -0.2) is 0 Å². The van der Waals surface area contributed by atoms with E-state index < -0.39 is 6.10 Å². The standard InChI is InChI=1S/C13H10BrCl2NO/c14-11-6-9(15)1-2-10(11)13(18)5-8-3-4-17-7-12(8)16/h1-4,6-7,13,18H,5H2. The molecule has 0 saturated carbocycles. The van der Waals surface area contributed by atoms with Gasteiger partial charge in [-0.2, -0.15) is 0 Å². The van der Waals surface area contributed by atoms with E-state index in [4.69, 9.17) is 23.2 Å². The van der Waals surface area contributed by atoms with Gasteiger partial charge in [0.05, 0.1) is 11.1 Å². The van der Waals surface area contributed by atoms with Crippen molar-refractivity contribution < 1.29 is 5.11 Å². The number of benzene rings is 1. The minimum Gasteiger partial charge on any atom is -0.388 e. The van der Waals surface area contributed by atoms with E-state index in [1.165, 1.54) is 0 Å². The van der Waals surface area contributed by atoms with Crippen molar-refractivity contribution in [2.24, 2.45) is 0 Å². The molecule has 18 heavy (non-hydrogen) atoms. The molecule has 2 aromatic rings. The number of aliphatic hydroxyl groups is 1. The number of hydrogen-bond donors (Lipinski definition) is 1. The summed E-state index contributed by atoms with van der Waals surface area (Å²) in [6, 6.07) is 7.11. The van der Waals surface area contributed by atoms with Crippen LogP contribution in [-0.4, -0.2) is 10.1 Å². The van der Waals surface area contributed by atoms with Gasteiger partial charge in [-0.3, -0.25) is 4.98 Å². The van der Waals surface area contributed by atoms with Gasteiger partial charge < -0.3 is 5.11 Å². The van der Waals surface area contributed by atoms with Gasteiger partial charge in [-0.1, -0.05) is 45.2 Å². The van der Waals surface area contributed by atoms with Crippen LogP contribution in [-0.2, 0) is 6.42 Å². The first kappa shape index (κ1) is 13.8. The van der Waals surface area contributed by atoms with Crippen LogP contribution in [0.15, 0.2) is 41.1 Å². The van der Waals surface area contributed by atoms with Gasteiger partial charge in [0.1, 0.15) is 0 Å². The Morgan fingerprint density at radius 3 is 2.72 bits per heavy atom. The summed E-state index contributed by atoms with van der Waals surface area (Å²) in [7, 11) is 0. The maximum atomic E-state index is 10.2. The highest BCUT2D eigenvalue weighted by molar-refractivity contribution is 9.10. The lowest BCUT2D eigenvalue weighted by Crippen LogP contribution is -2.03. The molecule has 2 rings (SSSR count). The summed E-state index contributed by atoms with van der Waals surface area (Å²) in [6.07, 6.45) is 3.02. The van der Waals surface area contributed by atoms with E-state index in [1.807, 2.05) is 0 Å². The zero-order chi connectivity index (χ0) is 13.1. The van der Waals surface area contributed by atoms with Crippen molar-refractivity contribution in [3.05, 3.63) is 62.3 Å². The third-order valence-corrected chi connectivity index (χ3v) is 3.85. The summed E-state index contributed by atoms with van der Waals surface area (Å²) in [4.78, 5) is 3.91. The van der Waals surface area contributed by atoms with Crippen molar-refractivity contribution in [3.63, 3.8) is 0 Å². The van der Waals surface area contributed by atoms with E-state index in [0.717, 1.165) is 15.6 Å². The Bertz CT molecular complexity index is 562. The highest BCUT2D eigenvalue weighted by Gasteiger charge is 2.14. The number of halogens is 3. The van der Waals surface area contributed by atoms with Crippen LogP contribution in [0.3, 0.4) is 0 Å². The minimum atomic E-state index is -0.642. The number of aliphatic hydroxyl groups excluding tert-OH is 1. The van der Waals surface area contributed by atoms with Crippen molar-refractivity contribution in [1.82, 2.24) is 4.98 Å². The Morgan fingerprint density at radius 1 is 1.28 bits per heavy atom. The van der Waals surface area contributed by atoms with Crippen LogP contribution in [0.1, 0.15) is 17.2 Å². The number of aromatic nitrogens is 1. The molecule has 94 valence electrons. The first-order chi connectivity index (χ1) is 8.58. The average molecular weight is 347 g/mol. The average Bonchev–Trinajstić information content (AvgIpc) is 2.32. The first-order valence-electron chi connectivity index (χ1n) is 5.29. The molecule has 0 aliphatic rings. The molecule has 1 heterocycles. The van der Waals surface area contributed by atoms with Gasteiger partial charge >= 0.3 is 0 Å². The lowest BCUT2D eigenvalue weighted by atomic mass is 10.0. The Kier molecular flexibility index (Phi) is 4.62. The van der Waals surface area contributed by atoms with Crippen molar-refractivity contribution in [2.75, 3.05) is 0 Å². The quantitative estimate of drug-likeness (QED) is 0.891. The summed E-state index contributed by atoms with van der Waals surface area (Å²) in [5.74, 6) is 0. The van der Waals surface area contributed by atoms with Gasteiger partial charge in [-0.05, 0) is 29.3 Å². The van der Waals surface area contributed by atoms with Gasteiger partial charge in [0.15, 0.2) is 0 Å². The van der Waals surface area contributed by atoms with Crippen LogP contribution >= 0.6 is 39.1 Å². The van der Waals surface area contributed by atoms with Crippen molar-refractivity contribution in [3.8, 4) is 0 Å². The number of rotatable bonds is 3. The van der Waals surface area contributed by atoms with Crippen LogP contribution in [0.25, 0.3) is 0 Å². The second-order valence-electron chi connectivity index (χ2n) is 3.85. The van der Waals surface area contributed by atoms with E-state index in [0.29, 0.717) is 16.5 Å². The Labute approximate surface area is 124 Å². The third kappa shape index (κ3) is 3.23. The predicted molar refractivity (Wildman–Crippen MR) is 77.1 cm³/mol. The molecule has 1 N–H and O–H groups in total. The van der Waals surface area contributed by atoms with Crippen molar-refractivity contribution >= 4 is 39.1 Å². The molecule has 0 saturated heterocycles. The highest BCUT2D eigenvalue weighted by Crippen LogP contribution is 2.29. The third-order valence-electron chi connectivity index (χ3n) is 2.59. The second-order valence-corrected chi connectivity index (χ2v) is 5.55. The lowest BCUT2D eigenvalue weighted by molar-refractivity contribution is 0.177. The second kappa shape index (κ2) is 6.02. The minimum absolute atomic E-state index is 0.432. The zero-order valence-corrected chi connectivity index (χ0v) is 12.4. The molecule has 2 nitrogen and oxygen atoms in total. The largest absolute Gasteiger partial charge is 0.388 e. The van der Waals surface area contributed by atoms with Crippen LogP contribution in [0.5, 0.6) is 0 Å². The molecular weight excluding hydrogens is 337 g/mol. The van der Waals surface area contributed by atoms with E-state index in [9.17, 15) is 5.11 Å². The van der Waals surface area contributed by atoms with Gasteiger partial charge in [0.25, 0.3) is 0 Å². The molecule has 0 aliphatic heterocycles. The number of pyridine rings is 1. The van der Waals surface area contributed by atoms with Crippen LogP contribution in [0.2, 0.25) is 10.0 Å². The molecule has 1 aromatic heterocycles. The van der Waals surface area contributed by atoms with E-state index in [-0.39, 0.29) is 0 Å². The first-order valence-corrected chi connectivity index (χ1v) is 6.84. The fraction of sp³-hybridized carbons (Fsp3) is 0.154. The van der Waals surface area contributed by atoms with Crippen LogP contribution in [0.4, 0.5) is 0 Å². The van der Waals surface area contributed by atoms with E-state index in [2.05, 4.69) is 20.9 Å². The fourth-order valence-corrected chi connectivity index (χ4v) is 2.80. The van der Waals surface area contributed by atoms with Crippen LogP contribution in [0, 0.1) is 0 Å². The van der Waals surface area contributed by atoms with Crippen molar-refractivity contribution in [2.45, 2.75) is 12.5 Å². The Balaban J connectivity index is 2.22. The van der Waals surface area contributed by atoms with Crippen molar-refractivity contribution in [1.29, 1.82) is 0 Å². The molecule has 0 amide bonds. The number of nitrogens with zero attached hydrogens (tertiary/aromatic N) is 1. The molecule has 1 aromatic carbocycles. The molecule has 0 bridgehead atoms. The maximum absolute atomic E-state index is 10.2. The van der Waals surface area contributed by atoms with E-state index >= 15 is 0 Å². The molecule has 1 atom stereocenters. The number of hydrogen-bond acceptors (Lipinski definition) is 2. The fourth-order valence-electron chi connectivity index (χ4n) is 1.66. The molecule has 0 fully saturated rings. The summed E-state index contributed by atoms with van der Waals surface area (Å²) in [6.45, 7) is 0. The molecular formula is C13H10BrCl2NO. The monoisotopic (exact) mass is 345 g/mol. The SMILES string of the molecule is OC(Cc1ccncc1Cl)c1ccc(Cl)cc1Br. The smallest absolute Gasteiger partial charge is 0.0841 e. The summed E-state index contributed by atoms with van der Waals surface area (Å²) in [5, 5.41) is 11.4. The van der Waals surface area contributed by atoms with Gasteiger partial charge in [0, 0.05) is 28.3 Å². The van der Waals surface area contributed by atoms with Gasteiger partial charge in [-0.15, -0.1) is 0 Å². The maximum Gasteiger partial charge on any atom is 0.0841 e. The van der Waals surface area contributed by atoms with Gasteiger partial charge in [0.2, 0.25) is 0 Å². The topological polar surface area (TPSA) is 33.1 Å². The molecule has 0 spiro atoms. The summed E-state index contributed by atoms with van der Waals surface area (Å²) in [5.41, 5.74) is 1.65. The van der Waals surface area contributed by atoms with E-state index in [1.54, 1.807) is 36.7 Å². The molecule has 0 radical (unpaired) electrons. The predicted octanol–water partition coefficient (Wildman–Crippen LogP) is 4.43. The molecule has 0 aliphatic carbocycles. The zero-order valence-electron chi connectivity index (χ0n) is 9.28. The Morgan fingerprint density at radius 2 is 2.06 bits per heavy atom. The normalized spacial score (nSPS) is 12.4.